The van der Waals surface area contributed by atoms with Crippen molar-refractivity contribution in [2.45, 2.75) is 19.9 Å². The molecule has 0 aliphatic carbocycles. The Bertz CT molecular complexity index is 366. The van der Waals surface area contributed by atoms with Gasteiger partial charge in [0.2, 0.25) is 0 Å². The fraction of sp³-hybridized carbons (Fsp3) is 0.364. The van der Waals surface area contributed by atoms with Crippen LogP contribution in [0.3, 0.4) is 0 Å². The van der Waals surface area contributed by atoms with Crippen molar-refractivity contribution in [3.63, 3.8) is 0 Å². The van der Waals surface area contributed by atoms with Gasteiger partial charge in [-0.05, 0) is 25.5 Å². The predicted octanol–water partition coefficient (Wildman–Crippen LogP) is 2.21. The largest absolute Gasteiger partial charge is 0.507 e. The zero-order valence-corrected chi connectivity index (χ0v) is 10.3. The van der Waals surface area contributed by atoms with Gasteiger partial charge in [0.1, 0.15) is 5.75 Å². The van der Waals surface area contributed by atoms with Gasteiger partial charge < -0.3 is 10.4 Å². The van der Waals surface area contributed by atoms with Gasteiger partial charge >= 0.3 is 0 Å². The number of halogens is 1. The first-order valence-electron chi connectivity index (χ1n) is 4.71. The van der Waals surface area contributed by atoms with E-state index in [1.54, 1.807) is 25.1 Å². The molecule has 3 nitrogen and oxygen atoms in total. The summed E-state index contributed by atoms with van der Waals surface area (Å²) < 4.78 is 0. The molecule has 0 saturated carbocycles. The molecular weight excluding hydrogens is 258 g/mol. The minimum Gasteiger partial charge on any atom is -0.507 e. The third kappa shape index (κ3) is 2.96. The van der Waals surface area contributed by atoms with Gasteiger partial charge in [-0.15, -0.1) is 0 Å². The first kappa shape index (κ1) is 12.0. The molecule has 0 aliphatic heterocycles. The zero-order chi connectivity index (χ0) is 11.4. The molecule has 2 N–H and O–H groups in total. The van der Waals surface area contributed by atoms with Crippen molar-refractivity contribution in [1.29, 1.82) is 0 Å². The maximum atomic E-state index is 11.7. The quantitative estimate of drug-likeness (QED) is 0.829. The Labute approximate surface area is 97.6 Å². The smallest absolute Gasteiger partial charge is 0.255 e. The Morgan fingerprint density at radius 3 is 2.87 bits per heavy atom. The number of aromatic hydroxyl groups is 1. The van der Waals surface area contributed by atoms with Crippen molar-refractivity contribution in [3.05, 3.63) is 29.3 Å². The lowest BCUT2D eigenvalue weighted by Crippen LogP contribution is -2.33. The van der Waals surface area contributed by atoms with E-state index in [9.17, 15) is 9.90 Å². The molecular formula is C11H14BrNO2. The van der Waals surface area contributed by atoms with E-state index in [-0.39, 0.29) is 17.7 Å². The molecule has 15 heavy (non-hydrogen) atoms. The molecule has 0 radical (unpaired) electrons. The van der Waals surface area contributed by atoms with Crippen LogP contribution in [-0.4, -0.2) is 22.4 Å². The highest BCUT2D eigenvalue weighted by Gasteiger charge is 2.13. The molecule has 1 unspecified atom stereocenters. The van der Waals surface area contributed by atoms with E-state index < -0.39 is 0 Å². The van der Waals surface area contributed by atoms with Crippen LogP contribution in [0.4, 0.5) is 0 Å². The van der Waals surface area contributed by atoms with Crippen molar-refractivity contribution in [2.75, 3.05) is 5.33 Å². The number of benzene rings is 1. The van der Waals surface area contributed by atoms with Crippen molar-refractivity contribution in [3.8, 4) is 5.75 Å². The monoisotopic (exact) mass is 271 g/mol. The number of para-hydroxylation sites is 1. The van der Waals surface area contributed by atoms with E-state index in [1.807, 2.05) is 6.92 Å². The molecule has 0 saturated heterocycles. The number of phenols is 1. The van der Waals surface area contributed by atoms with Crippen molar-refractivity contribution < 1.29 is 9.90 Å². The molecule has 4 heteroatoms. The highest BCUT2D eigenvalue weighted by atomic mass is 79.9. The molecule has 0 spiro atoms. The van der Waals surface area contributed by atoms with Gasteiger partial charge in [0, 0.05) is 11.4 Å². The predicted molar refractivity (Wildman–Crippen MR) is 63.6 cm³/mol. The van der Waals surface area contributed by atoms with Crippen LogP contribution in [0.25, 0.3) is 0 Å². The first-order chi connectivity index (χ1) is 7.06. The van der Waals surface area contributed by atoms with E-state index >= 15 is 0 Å². The summed E-state index contributed by atoms with van der Waals surface area (Å²) in [5, 5.41) is 13.1. The van der Waals surface area contributed by atoms with E-state index in [2.05, 4.69) is 21.2 Å². The summed E-state index contributed by atoms with van der Waals surface area (Å²) in [6.07, 6.45) is 0. The Kier molecular flexibility index (Phi) is 4.15. The van der Waals surface area contributed by atoms with Crippen molar-refractivity contribution in [1.82, 2.24) is 5.32 Å². The highest BCUT2D eigenvalue weighted by Crippen LogP contribution is 2.21. The Morgan fingerprint density at radius 1 is 1.60 bits per heavy atom. The lowest BCUT2D eigenvalue weighted by molar-refractivity contribution is 0.0941. The molecule has 1 aromatic rings. The summed E-state index contributed by atoms with van der Waals surface area (Å²) in [5.41, 5.74) is 1.02. The minimum absolute atomic E-state index is 0.0393. The van der Waals surface area contributed by atoms with Crippen LogP contribution in [0, 0.1) is 6.92 Å². The number of aryl methyl sites for hydroxylation is 1. The Morgan fingerprint density at radius 2 is 2.27 bits per heavy atom. The molecule has 0 heterocycles. The van der Waals surface area contributed by atoms with Crippen LogP contribution < -0.4 is 5.32 Å². The van der Waals surface area contributed by atoms with Crippen LogP contribution in [0.15, 0.2) is 18.2 Å². The lowest BCUT2D eigenvalue weighted by atomic mass is 10.1. The average Bonchev–Trinajstić information content (AvgIpc) is 2.21. The summed E-state index contributed by atoms with van der Waals surface area (Å²) in [6.45, 7) is 3.65. The van der Waals surface area contributed by atoms with E-state index in [0.29, 0.717) is 16.5 Å². The molecule has 0 fully saturated rings. The fourth-order valence-electron chi connectivity index (χ4n) is 1.18. The summed E-state index contributed by atoms with van der Waals surface area (Å²) in [4.78, 5) is 11.7. The first-order valence-corrected chi connectivity index (χ1v) is 5.83. The molecule has 0 aromatic heterocycles. The summed E-state index contributed by atoms with van der Waals surface area (Å²) in [5.74, 6) is -0.195. The van der Waals surface area contributed by atoms with Crippen LogP contribution in [0.2, 0.25) is 0 Å². The number of carbonyl (C=O) groups is 1. The second kappa shape index (κ2) is 5.16. The molecule has 0 bridgehead atoms. The molecule has 0 aliphatic rings. The van der Waals surface area contributed by atoms with Gasteiger partial charge in [-0.25, -0.2) is 0 Å². The number of amides is 1. The molecule has 1 aromatic carbocycles. The van der Waals surface area contributed by atoms with Gasteiger partial charge in [0.05, 0.1) is 5.56 Å². The molecule has 1 atom stereocenters. The minimum atomic E-state index is -0.247. The van der Waals surface area contributed by atoms with Gasteiger partial charge in [0.25, 0.3) is 5.91 Å². The molecule has 1 amide bonds. The normalized spacial score (nSPS) is 12.2. The lowest BCUT2D eigenvalue weighted by Gasteiger charge is -2.12. The van der Waals surface area contributed by atoms with E-state index in [0.717, 1.165) is 0 Å². The Balaban J connectivity index is 2.87. The highest BCUT2D eigenvalue weighted by molar-refractivity contribution is 9.09. The number of nitrogens with one attached hydrogen (secondary N) is 1. The van der Waals surface area contributed by atoms with Gasteiger partial charge in [-0.2, -0.15) is 0 Å². The third-order valence-electron chi connectivity index (χ3n) is 2.09. The van der Waals surface area contributed by atoms with Crippen molar-refractivity contribution >= 4 is 21.8 Å². The Hall–Kier alpha value is -1.03. The van der Waals surface area contributed by atoms with Crippen LogP contribution >= 0.6 is 15.9 Å². The number of carbonyl (C=O) groups excluding carboxylic acids is 1. The third-order valence-corrected chi connectivity index (χ3v) is 3.06. The van der Waals surface area contributed by atoms with Gasteiger partial charge in [-0.3, -0.25) is 4.79 Å². The number of hydrogen-bond donors (Lipinski definition) is 2. The molecule has 1 rings (SSSR count). The number of rotatable bonds is 3. The SMILES string of the molecule is Cc1cccc(C(=O)NC(C)CBr)c1O. The van der Waals surface area contributed by atoms with Gasteiger partial charge in [-0.1, -0.05) is 28.1 Å². The average molecular weight is 272 g/mol. The van der Waals surface area contributed by atoms with Crippen molar-refractivity contribution in [2.24, 2.45) is 0 Å². The fourth-order valence-corrected chi connectivity index (χ4v) is 1.34. The zero-order valence-electron chi connectivity index (χ0n) is 8.75. The van der Waals surface area contributed by atoms with Gasteiger partial charge in [0.15, 0.2) is 0 Å². The second-order valence-electron chi connectivity index (χ2n) is 3.50. The van der Waals surface area contributed by atoms with E-state index in [4.69, 9.17) is 0 Å². The summed E-state index contributed by atoms with van der Waals surface area (Å²) in [7, 11) is 0. The van der Waals surface area contributed by atoms with E-state index in [1.165, 1.54) is 0 Å². The maximum absolute atomic E-state index is 11.7. The van der Waals surface area contributed by atoms with Crippen LogP contribution in [0.1, 0.15) is 22.8 Å². The maximum Gasteiger partial charge on any atom is 0.255 e. The second-order valence-corrected chi connectivity index (χ2v) is 4.15. The number of phenolic OH excluding ortho intramolecular Hbond substituents is 1. The standard InChI is InChI=1S/C11H14BrNO2/c1-7-4-3-5-9(10(7)14)11(15)13-8(2)6-12/h3-5,8,14H,6H2,1-2H3,(H,13,15). The number of hydrogen-bond acceptors (Lipinski definition) is 2. The van der Waals surface area contributed by atoms with Crippen LogP contribution in [-0.2, 0) is 0 Å². The topological polar surface area (TPSA) is 49.3 Å². The summed E-state index contributed by atoms with van der Waals surface area (Å²) in [6, 6.07) is 5.17. The van der Waals surface area contributed by atoms with Crippen LogP contribution in [0.5, 0.6) is 5.75 Å². The summed E-state index contributed by atoms with van der Waals surface area (Å²) >= 11 is 3.27. The molecule has 82 valence electrons. The number of alkyl halides is 1.